The van der Waals surface area contributed by atoms with Crippen LogP contribution >= 0.6 is 0 Å². The zero-order valence-electron chi connectivity index (χ0n) is 11.5. The lowest BCUT2D eigenvalue weighted by Gasteiger charge is -2.34. The van der Waals surface area contributed by atoms with Crippen LogP contribution in [0.4, 0.5) is 0 Å². The van der Waals surface area contributed by atoms with Gasteiger partial charge < -0.3 is 10.2 Å². The van der Waals surface area contributed by atoms with Crippen LogP contribution in [0.15, 0.2) is 24.4 Å². The molecule has 0 bridgehead atoms. The Morgan fingerprint density at radius 3 is 2.80 bits per heavy atom. The average molecular weight is 274 g/mol. The molecule has 2 heterocycles. The highest BCUT2D eigenvalue weighted by Crippen LogP contribution is 2.26. The number of amides is 2. The number of carbonyl (C=O) groups excluding carboxylic acids is 2. The van der Waals surface area contributed by atoms with E-state index in [1.165, 1.54) is 0 Å². The van der Waals surface area contributed by atoms with Gasteiger partial charge in [0.2, 0.25) is 11.8 Å². The first-order valence-electron chi connectivity index (χ1n) is 6.88. The molecule has 2 amide bonds. The average Bonchev–Trinajstić information content (AvgIpc) is 3.15. The summed E-state index contributed by atoms with van der Waals surface area (Å²) in [4.78, 5) is 26.3. The van der Waals surface area contributed by atoms with Crippen molar-refractivity contribution in [1.82, 2.24) is 20.0 Å². The van der Waals surface area contributed by atoms with E-state index in [2.05, 4.69) is 10.4 Å². The van der Waals surface area contributed by atoms with E-state index < -0.39 is 6.04 Å². The van der Waals surface area contributed by atoms with Crippen LogP contribution in [-0.2, 0) is 16.1 Å². The molecule has 20 heavy (non-hydrogen) atoms. The molecule has 6 nitrogen and oxygen atoms in total. The normalized spacial score (nSPS) is 21.9. The van der Waals surface area contributed by atoms with E-state index >= 15 is 0 Å². The van der Waals surface area contributed by atoms with Gasteiger partial charge in [0.05, 0.1) is 18.8 Å². The number of nitrogens with zero attached hydrogens (tertiary/aromatic N) is 3. The molecule has 106 valence electrons. The van der Waals surface area contributed by atoms with Gasteiger partial charge in [-0.1, -0.05) is 12.2 Å². The molecule has 1 atom stereocenters. The molecule has 1 aromatic heterocycles. The standard InChI is InChI=1S/C14H18N4O2/c1-15-13(19)12-9-17(8-11-6-7-16-18(11)12)14(20)10-4-2-3-5-10/h2-3,6-7,10,12H,4-5,8-9H2,1H3,(H,15,19)/t12-/m0/s1. The molecule has 0 aromatic carbocycles. The van der Waals surface area contributed by atoms with Gasteiger partial charge >= 0.3 is 0 Å². The summed E-state index contributed by atoms with van der Waals surface area (Å²) >= 11 is 0. The fraction of sp³-hybridized carbons (Fsp3) is 0.500. The van der Waals surface area contributed by atoms with Crippen LogP contribution in [0.3, 0.4) is 0 Å². The molecule has 1 aromatic rings. The third-order valence-electron chi connectivity index (χ3n) is 4.01. The van der Waals surface area contributed by atoms with Gasteiger partial charge in [-0.25, -0.2) is 0 Å². The minimum atomic E-state index is -0.433. The van der Waals surface area contributed by atoms with Gasteiger partial charge in [0.1, 0.15) is 6.04 Å². The fourth-order valence-electron chi connectivity index (χ4n) is 2.90. The van der Waals surface area contributed by atoms with Crippen molar-refractivity contribution in [2.45, 2.75) is 25.4 Å². The van der Waals surface area contributed by atoms with Crippen LogP contribution in [0.2, 0.25) is 0 Å². The van der Waals surface area contributed by atoms with Gasteiger partial charge in [0.15, 0.2) is 0 Å². The lowest BCUT2D eigenvalue weighted by Crippen LogP contribution is -2.47. The van der Waals surface area contributed by atoms with Gasteiger partial charge in [0, 0.05) is 19.2 Å². The first-order valence-corrected chi connectivity index (χ1v) is 6.88. The Hall–Kier alpha value is -2.11. The maximum Gasteiger partial charge on any atom is 0.246 e. The van der Waals surface area contributed by atoms with Crippen LogP contribution in [-0.4, -0.2) is 40.1 Å². The number of fused-ring (bicyclic) bond motifs is 1. The number of allylic oxidation sites excluding steroid dienone is 2. The number of aromatic nitrogens is 2. The van der Waals surface area contributed by atoms with E-state index in [0.29, 0.717) is 13.1 Å². The minimum Gasteiger partial charge on any atom is -0.357 e. The maximum atomic E-state index is 12.5. The highest BCUT2D eigenvalue weighted by atomic mass is 16.2. The van der Waals surface area contributed by atoms with Crippen molar-refractivity contribution in [3.8, 4) is 0 Å². The van der Waals surface area contributed by atoms with Gasteiger partial charge in [-0.05, 0) is 18.9 Å². The number of rotatable bonds is 2. The van der Waals surface area contributed by atoms with E-state index in [0.717, 1.165) is 18.5 Å². The summed E-state index contributed by atoms with van der Waals surface area (Å²) < 4.78 is 1.72. The zero-order chi connectivity index (χ0) is 14.1. The van der Waals surface area contributed by atoms with Crippen molar-refractivity contribution in [2.75, 3.05) is 13.6 Å². The van der Waals surface area contributed by atoms with Crippen molar-refractivity contribution in [3.05, 3.63) is 30.1 Å². The largest absolute Gasteiger partial charge is 0.357 e. The Labute approximate surface area is 117 Å². The predicted molar refractivity (Wildman–Crippen MR) is 72.6 cm³/mol. The smallest absolute Gasteiger partial charge is 0.246 e. The zero-order valence-corrected chi connectivity index (χ0v) is 11.5. The van der Waals surface area contributed by atoms with E-state index in [1.54, 1.807) is 22.8 Å². The Morgan fingerprint density at radius 2 is 2.10 bits per heavy atom. The quantitative estimate of drug-likeness (QED) is 0.798. The lowest BCUT2D eigenvalue weighted by molar-refractivity contribution is -0.138. The Bertz CT molecular complexity index is 555. The maximum absolute atomic E-state index is 12.5. The third-order valence-corrected chi connectivity index (χ3v) is 4.01. The van der Waals surface area contributed by atoms with Crippen molar-refractivity contribution < 1.29 is 9.59 Å². The molecule has 0 saturated heterocycles. The third kappa shape index (κ3) is 2.11. The second-order valence-corrected chi connectivity index (χ2v) is 5.26. The number of hydrogen-bond acceptors (Lipinski definition) is 3. The molecule has 6 heteroatoms. The van der Waals surface area contributed by atoms with E-state index in [4.69, 9.17) is 0 Å². The fourth-order valence-corrected chi connectivity index (χ4v) is 2.90. The van der Waals surface area contributed by atoms with Crippen LogP contribution in [0.25, 0.3) is 0 Å². The lowest BCUT2D eigenvalue weighted by atomic mass is 10.0. The number of hydrogen-bond donors (Lipinski definition) is 1. The molecule has 1 N–H and O–H groups in total. The molecule has 0 unspecified atom stereocenters. The Balaban J connectivity index is 1.82. The summed E-state index contributed by atoms with van der Waals surface area (Å²) in [6.45, 7) is 0.923. The molecular weight excluding hydrogens is 256 g/mol. The summed E-state index contributed by atoms with van der Waals surface area (Å²) in [6.07, 6.45) is 7.38. The van der Waals surface area contributed by atoms with Crippen molar-refractivity contribution >= 4 is 11.8 Å². The predicted octanol–water partition coefficient (Wildman–Crippen LogP) is 0.479. The van der Waals surface area contributed by atoms with Gasteiger partial charge in [-0.3, -0.25) is 14.3 Å². The van der Waals surface area contributed by atoms with Crippen LogP contribution < -0.4 is 5.32 Å². The molecule has 2 aliphatic rings. The Morgan fingerprint density at radius 1 is 1.35 bits per heavy atom. The number of carbonyl (C=O) groups is 2. The molecule has 0 spiro atoms. The second kappa shape index (κ2) is 5.11. The summed E-state index contributed by atoms with van der Waals surface area (Å²) in [5.74, 6) is 0.0585. The monoisotopic (exact) mass is 274 g/mol. The molecular formula is C14H18N4O2. The number of nitrogens with one attached hydrogen (secondary N) is 1. The van der Waals surface area contributed by atoms with Crippen molar-refractivity contribution in [2.24, 2.45) is 5.92 Å². The summed E-state index contributed by atoms with van der Waals surface area (Å²) in [5.41, 5.74) is 0.907. The summed E-state index contributed by atoms with van der Waals surface area (Å²) in [7, 11) is 1.60. The Kier molecular flexibility index (Phi) is 3.30. The van der Waals surface area contributed by atoms with Gasteiger partial charge in [0.25, 0.3) is 0 Å². The molecule has 1 aliphatic heterocycles. The SMILES string of the molecule is CNC(=O)[C@@H]1CN(C(=O)C2CC=CC2)Cc2ccnn21. The van der Waals surface area contributed by atoms with E-state index in [1.807, 2.05) is 18.2 Å². The van der Waals surface area contributed by atoms with Crippen LogP contribution in [0, 0.1) is 5.92 Å². The first-order chi connectivity index (χ1) is 9.70. The van der Waals surface area contributed by atoms with E-state index in [9.17, 15) is 9.59 Å². The highest BCUT2D eigenvalue weighted by molar-refractivity contribution is 5.83. The molecule has 0 radical (unpaired) electrons. The topological polar surface area (TPSA) is 67.2 Å². The minimum absolute atomic E-state index is 0.0369. The second-order valence-electron chi connectivity index (χ2n) is 5.26. The molecule has 3 rings (SSSR count). The highest BCUT2D eigenvalue weighted by Gasteiger charge is 2.34. The molecule has 0 saturated carbocycles. The summed E-state index contributed by atoms with van der Waals surface area (Å²) in [6, 6.07) is 1.43. The first kappa shape index (κ1) is 12.9. The molecule has 1 aliphatic carbocycles. The van der Waals surface area contributed by atoms with Crippen molar-refractivity contribution in [3.63, 3.8) is 0 Å². The van der Waals surface area contributed by atoms with Crippen molar-refractivity contribution in [1.29, 1.82) is 0 Å². The van der Waals surface area contributed by atoms with Gasteiger partial charge in [-0.2, -0.15) is 5.10 Å². The number of likely N-dealkylation sites (N-methyl/N-ethyl adjacent to an activating group) is 1. The van der Waals surface area contributed by atoms with Gasteiger partial charge in [-0.15, -0.1) is 0 Å². The van der Waals surface area contributed by atoms with E-state index in [-0.39, 0.29) is 17.7 Å². The van der Waals surface area contributed by atoms with Crippen LogP contribution in [0.5, 0.6) is 0 Å². The molecule has 0 fully saturated rings. The van der Waals surface area contributed by atoms with Crippen LogP contribution in [0.1, 0.15) is 24.6 Å². The summed E-state index contributed by atoms with van der Waals surface area (Å²) in [5, 5.41) is 6.85.